The SMILES string of the molecule is O=C(Cc1c(Cl)cccc1Cl)c1cc(F)c(Cl)cc1F. The Morgan fingerprint density at radius 3 is 2.15 bits per heavy atom. The molecule has 104 valence electrons. The summed E-state index contributed by atoms with van der Waals surface area (Å²) in [5.74, 6) is -2.38. The number of benzene rings is 2. The summed E-state index contributed by atoms with van der Waals surface area (Å²) in [7, 11) is 0. The van der Waals surface area contributed by atoms with Crippen LogP contribution in [-0.2, 0) is 6.42 Å². The molecule has 0 saturated heterocycles. The van der Waals surface area contributed by atoms with Gasteiger partial charge in [0.2, 0.25) is 0 Å². The van der Waals surface area contributed by atoms with E-state index in [0.29, 0.717) is 15.6 Å². The Bertz CT molecular complexity index is 666. The average molecular weight is 336 g/mol. The van der Waals surface area contributed by atoms with Crippen LogP contribution < -0.4 is 0 Å². The molecule has 0 fully saturated rings. The van der Waals surface area contributed by atoms with Crippen LogP contribution in [0.5, 0.6) is 0 Å². The maximum atomic E-state index is 13.6. The third-order valence-electron chi connectivity index (χ3n) is 2.71. The molecular formula is C14H7Cl3F2O. The standard InChI is InChI=1S/C14H7Cl3F2O/c15-9-2-1-3-10(16)7(9)5-14(20)8-4-13(19)11(17)6-12(8)18/h1-4,6H,5H2. The van der Waals surface area contributed by atoms with Crippen molar-refractivity contribution in [3.05, 3.63) is 68.2 Å². The Morgan fingerprint density at radius 1 is 0.950 bits per heavy atom. The predicted octanol–water partition coefficient (Wildman–Crippen LogP) is 5.35. The minimum absolute atomic E-state index is 0.226. The van der Waals surface area contributed by atoms with Gasteiger partial charge in [0.1, 0.15) is 11.6 Å². The zero-order chi connectivity index (χ0) is 14.9. The summed E-state index contributed by atoms with van der Waals surface area (Å²) in [5.41, 5.74) is -0.0153. The lowest BCUT2D eigenvalue weighted by Gasteiger charge is -2.07. The lowest BCUT2D eigenvalue weighted by Crippen LogP contribution is -2.08. The molecule has 0 unspecified atom stereocenters. The molecule has 0 N–H and O–H groups in total. The lowest BCUT2D eigenvalue weighted by atomic mass is 10.0. The summed E-state index contributed by atoms with van der Waals surface area (Å²) in [4.78, 5) is 12.0. The number of hydrogen-bond donors (Lipinski definition) is 0. The van der Waals surface area contributed by atoms with Crippen molar-refractivity contribution in [1.82, 2.24) is 0 Å². The molecule has 1 nitrogen and oxygen atoms in total. The summed E-state index contributed by atoms with van der Waals surface area (Å²) < 4.78 is 27.0. The highest BCUT2D eigenvalue weighted by atomic mass is 35.5. The second kappa shape index (κ2) is 6.08. The van der Waals surface area contributed by atoms with Gasteiger partial charge in [0, 0.05) is 16.5 Å². The molecule has 0 spiro atoms. The average Bonchev–Trinajstić information content (AvgIpc) is 2.38. The van der Waals surface area contributed by atoms with Gasteiger partial charge in [-0.05, 0) is 29.8 Å². The van der Waals surface area contributed by atoms with E-state index in [-0.39, 0.29) is 17.0 Å². The molecule has 0 aliphatic rings. The van der Waals surface area contributed by atoms with E-state index in [1.165, 1.54) is 0 Å². The molecule has 0 aliphatic carbocycles. The van der Waals surface area contributed by atoms with Crippen molar-refractivity contribution in [2.45, 2.75) is 6.42 Å². The van der Waals surface area contributed by atoms with Crippen LogP contribution in [-0.4, -0.2) is 5.78 Å². The van der Waals surface area contributed by atoms with E-state index >= 15 is 0 Å². The highest BCUT2D eigenvalue weighted by molar-refractivity contribution is 6.36. The number of Topliss-reactive ketones (excluding diaryl/α,β-unsaturated/α-hetero) is 1. The molecule has 6 heteroatoms. The summed E-state index contributed by atoms with van der Waals surface area (Å²) >= 11 is 17.3. The van der Waals surface area contributed by atoms with Crippen molar-refractivity contribution in [1.29, 1.82) is 0 Å². The zero-order valence-corrected chi connectivity index (χ0v) is 12.2. The third kappa shape index (κ3) is 3.11. The van der Waals surface area contributed by atoms with Gasteiger partial charge in [-0.2, -0.15) is 0 Å². The Labute approximate surface area is 129 Å². The number of carbonyl (C=O) groups is 1. The molecule has 0 aliphatic heterocycles. The fourth-order valence-corrected chi connectivity index (χ4v) is 2.37. The van der Waals surface area contributed by atoms with Gasteiger partial charge >= 0.3 is 0 Å². The van der Waals surface area contributed by atoms with Crippen molar-refractivity contribution >= 4 is 40.6 Å². The molecule has 0 amide bonds. The van der Waals surface area contributed by atoms with E-state index < -0.39 is 17.4 Å². The molecular weight excluding hydrogens is 329 g/mol. The van der Waals surface area contributed by atoms with Crippen LogP contribution in [0.4, 0.5) is 8.78 Å². The van der Waals surface area contributed by atoms with Crippen LogP contribution in [0.1, 0.15) is 15.9 Å². The van der Waals surface area contributed by atoms with Crippen LogP contribution >= 0.6 is 34.8 Å². The molecule has 0 heterocycles. The number of rotatable bonds is 3. The predicted molar refractivity (Wildman–Crippen MR) is 75.9 cm³/mol. The number of ketones is 1. The lowest BCUT2D eigenvalue weighted by molar-refractivity contribution is 0.0988. The Morgan fingerprint density at radius 2 is 1.55 bits per heavy atom. The van der Waals surface area contributed by atoms with Gasteiger partial charge in [-0.1, -0.05) is 40.9 Å². The van der Waals surface area contributed by atoms with E-state index in [0.717, 1.165) is 12.1 Å². The summed E-state index contributed by atoms with van der Waals surface area (Å²) in [6, 6.07) is 6.29. The van der Waals surface area contributed by atoms with Crippen LogP contribution in [0.3, 0.4) is 0 Å². The van der Waals surface area contributed by atoms with Gasteiger partial charge in [-0.15, -0.1) is 0 Å². The maximum Gasteiger partial charge on any atom is 0.170 e. The van der Waals surface area contributed by atoms with E-state index in [1.807, 2.05) is 0 Å². The van der Waals surface area contributed by atoms with Gasteiger partial charge in [0.15, 0.2) is 5.78 Å². The molecule has 0 aromatic heterocycles. The van der Waals surface area contributed by atoms with Crippen LogP contribution in [0.2, 0.25) is 15.1 Å². The molecule has 0 bridgehead atoms. The van der Waals surface area contributed by atoms with Gasteiger partial charge in [0.05, 0.1) is 10.6 Å². The minimum atomic E-state index is -0.885. The fourth-order valence-electron chi connectivity index (χ4n) is 1.69. The van der Waals surface area contributed by atoms with Crippen molar-refractivity contribution in [3.8, 4) is 0 Å². The molecule has 2 aromatic carbocycles. The fraction of sp³-hybridized carbons (Fsp3) is 0.0714. The van der Waals surface area contributed by atoms with Crippen molar-refractivity contribution < 1.29 is 13.6 Å². The Kier molecular flexibility index (Phi) is 4.63. The summed E-state index contributed by atoms with van der Waals surface area (Å²) in [6.07, 6.45) is -0.226. The Hall–Kier alpha value is -1.16. The maximum absolute atomic E-state index is 13.6. The molecule has 0 saturated carbocycles. The summed E-state index contributed by atoms with van der Waals surface area (Å²) in [5, 5.41) is 0.205. The topological polar surface area (TPSA) is 17.1 Å². The second-order valence-electron chi connectivity index (χ2n) is 4.05. The first-order valence-corrected chi connectivity index (χ1v) is 6.64. The monoisotopic (exact) mass is 334 g/mol. The van der Waals surface area contributed by atoms with Gasteiger partial charge < -0.3 is 0 Å². The first-order valence-electron chi connectivity index (χ1n) is 5.50. The van der Waals surface area contributed by atoms with Crippen molar-refractivity contribution in [2.24, 2.45) is 0 Å². The zero-order valence-electron chi connectivity index (χ0n) is 9.89. The smallest absolute Gasteiger partial charge is 0.170 e. The molecule has 0 atom stereocenters. The van der Waals surface area contributed by atoms with Crippen LogP contribution in [0, 0.1) is 11.6 Å². The van der Waals surface area contributed by atoms with E-state index in [4.69, 9.17) is 34.8 Å². The quantitative estimate of drug-likeness (QED) is 0.546. The summed E-state index contributed by atoms with van der Waals surface area (Å²) in [6.45, 7) is 0. The van der Waals surface area contributed by atoms with Gasteiger partial charge in [0.25, 0.3) is 0 Å². The second-order valence-corrected chi connectivity index (χ2v) is 5.27. The minimum Gasteiger partial charge on any atom is -0.294 e. The molecule has 20 heavy (non-hydrogen) atoms. The Balaban J connectivity index is 2.36. The van der Waals surface area contributed by atoms with E-state index in [1.54, 1.807) is 18.2 Å². The first-order chi connectivity index (χ1) is 9.40. The van der Waals surface area contributed by atoms with Crippen LogP contribution in [0.25, 0.3) is 0 Å². The number of hydrogen-bond acceptors (Lipinski definition) is 1. The molecule has 2 rings (SSSR count). The highest BCUT2D eigenvalue weighted by Crippen LogP contribution is 2.27. The normalized spacial score (nSPS) is 10.7. The number of carbonyl (C=O) groups excluding carboxylic acids is 1. The molecule has 0 radical (unpaired) electrons. The molecule has 2 aromatic rings. The first kappa shape index (κ1) is 15.2. The van der Waals surface area contributed by atoms with Gasteiger partial charge in [-0.25, -0.2) is 8.78 Å². The van der Waals surface area contributed by atoms with E-state index in [9.17, 15) is 13.6 Å². The highest BCUT2D eigenvalue weighted by Gasteiger charge is 2.18. The largest absolute Gasteiger partial charge is 0.294 e. The van der Waals surface area contributed by atoms with Crippen molar-refractivity contribution in [2.75, 3.05) is 0 Å². The number of halogens is 5. The van der Waals surface area contributed by atoms with Crippen molar-refractivity contribution in [3.63, 3.8) is 0 Å². The third-order valence-corrected chi connectivity index (χ3v) is 3.71. The van der Waals surface area contributed by atoms with Crippen LogP contribution in [0.15, 0.2) is 30.3 Å². The van der Waals surface area contributed by atoms with E-state index in [2.05, 4.69) is 0 Å². The van der Waals surface area contributed by atoms with Gasteiger partial charge in [-0.3, -0.25) is 4.79 Å².